The van der Waals surface area contributed by atoms with E-state index >= 15 is 0 Å². The second-order valence-corrected chi connectivity index (χ2v) is 9.54. The number of nitrogens with zero attached hydrogens (tertiary/aromatic N) is 1. The molecule has 2 saturated carbocycles. The van der Waals surface area contributed by atoms with Crippen LogP contribution in [0.5, 0.6) is 5.75 Å². The first-order chi connectivity index (χ1) is 13.1. The minimum absolute atomic E-state index is 0.181. The highest BCUT2D eigenvalue weighted by molar-refractivity contribution is 5.38. The van der Waals surface area contributed by atoms with Gasteiger partial charge in [0.25, 0.3) is 0 Å². The predicted octanol–water partition coefficient (Wildman–Crippen LogP) is 5.06. The summed E-state index contributed by atoms with van der Waals surface area (Å²) in [6.45, 7) is 10.8. The summed E-state index contributed by atoms with van der Waals surface area (Å²) in [5.41, 5.74) is 4.23. The normalized spacial score (nSPS) is 38.9. The first kappa shape index (κ1) is 17.8. The monoisotopic (exact) mass is 367 g/mol. The van der Waals surface area contributed by atoms with Gasteiger partial charge in [-0.2, -0.15) is 0 Å². The predicted molar refractivity (Wildman–Crippen MR) is 107 cm³/mol. The average molecular weight is 368 g/mol. The summed E-state index contributed by atoms with van der Waals surface area (Å²) in [6, 6.07) is 6.23. The van der Waals surface area contributed by atoms with Gasteiger partial charge >= 0.3 is 0 Å². The molecule has 0 amide bonds. The molecule has 27 heavy (non-hydrogen) atoms. The Morgan fingerprint density at radius 2 is 2.07 bits per heavy atom. The second kappa shape index (κ2) is 6.63. The van der Waals surface area contributed by atoms with Crippen LogP contribution in [0.25, 0.3) is 0 Å². The van der Waals surface area contributed by atoms with Gasteiger partial charge in [0.2, 0.25) is 0 Å². The fraction of sp³-hybridized carbons (Fsp3) is 0.667. The van der Waals surface area contributed by atoms with Crippen molar-refractivity contribution >= 4 is 0 Å². The van der Waals surface area contributed by atoms with Crippen molar-refractivity contribution < 1.29 is 9.84 Å². The molecule has 1 aromatic rings. The summed E-state index contributed by atoms with van der Waals surface area (Å²) < 4.78 is 6.37. The average Bonchev–Trinajstić information content (AvgIpc) is 3.19. The molecular formula is C24H33NO2. The number of phenols is 1. The Balaban J connectivity index is 1.41. The van der Waals surface area contributed by atoms with Crippen LogP contribution < -0.4 is 0 Å². The molecule has 4 aliphatic rings. The van der Waals surface area contributed by atoms with Crippen molar-refractivity contribution in [2.45, 2.75) is 58.1 Å². The van der Waals surface area contributed by atoms with Crippen LogP contribution in [0, 0.1) is 23.2 Å². The lowest BCUT2D eigenvalue weighted by Crippen LogP contribution is -2.42. The molecule has 146 valence electrons. The van der Waals surface area contributed by atoms with Crippen LogP contribution in [0.4, 0.5) is 0 Å². The largest absolute Gasteiger partial charge is 0.508 e. The van der Waals surface area contributed by atoms with Gasteiger partial charge in [0, 0.05) is 18.7 Å². The van der Waals surface area contributed by atoms with Gasteiger partial charge in [-0.25, -0.2) is 0 Å². The number of hydrogen-bond acceptors (Lipinski definition) is 3. The molecule has 4 fully saturated rings. The second-order valence-electron chi connectivity index (χ2n) is 9.54. The fourth-order valence-electron chi connectivity index (χ4n) is 6.75. The van der Waals surface area contributed by atoms with E-state index in [-0.39, 0.29) is 6.10 Å². The van der Waals surface area contributed by atoms with Crippen LogP contribution in [-0.2, 0) is 11.3 Å². The van der Waals surface area contributed by atoms with Crippen LogP contribution >= 0.6 is 0 Å². The van der Waals surface area contributed by atoms with Crippen molar-refractivity contribution in [3.63, 3.8) is 0 Å². The SMILES string of the molecule is C=C1[C@@H]2C[C@@H]3[C@@H](c4ccc(O)c(CN5CCCCC5)c4)OCCC3(C2)[C@@H]1C. The topological polar surface area (TPSA) is 32.7 Å². The van der Waals surface area contributed by atoms with Crippen LogP contribution in [0.2, 0.25) is 0 Å². The van der Waals surface area contributed by atoms with E-state index in [0.29, 0.717) is 28.9 Å². The number of piperidine rings is 1. The summed E-state index contributed by atoms with van der Waals surface area (Å²) >= 11 is 0. The highest BCUT2D eigenvalue weighted by atomic mass is 16.5. The van der Waals surface area contributed by atoms with Crippen LogP contribution in [0.1, 0.15) is 62.7 Å². The van der Waals surface area contributed by atoms with E-state index in [2.05, 4.69) is 30.5 Å². The smallest absolute Gasteiger partial charge is 0.120 e. The van der Waals surface area contributed by atoms with Crippen molar-refractivity contribution in [3.05, 3.63) is 41.5 Å². The van der Waals surface area contributed by atoms with Gasteiger partial charge in [-0.05, 0) is 86.1 Å². The molecule has 1 aromatic carbocycles. The molecule has 2 aliphatic carbocycles. The van der Waals surface area contributed by atoms with E-state index in [1.807, 2.05) is 6.07 Å². The molecule has 2 aliphatic heterocycles. The number of phenolic OH excluding ortho intramolecular Hbond substituents is 1. The maximum atomic E-state index is 10.5. The van der Waals surface area contributed by atoms with Crippen molar-refractivity contribution in [2.24, 2.45) is 23.2 Å². The van der Waals surface area contributed by atoms with E-state index in [9.17, 15) is 5.11 Å². The number of fused-ring (bicyclic) bond motifs is 1. The fourth-order valence-corrected chi connectivity index (χ4v) is 6.75. The highest BCUT2D eigenvalue weighted by Crippen LogP contribution is 2.68. The molecule has 0 radical (unpaired) electrons. The Labute approximate surface area is 163 Å². The third-order valence-corrected chi connectivity index (χ3v) is 8.35. The summed E-state index contributed by atoms with van der Waals surface area (Å²) in [6.07, 6.45) is 7.81. The van der Waals surface area contributed by atoms with Crippen LogP contribution in [-0.4, -0.2) is 29.7 Å². The van der Waals surface area contributed by atoms with E-state index in [0.717, 1.165) is 31.8 Å². The molecule has 1 spiro atoms. The molecule has 2 saturated heterocycles. The molecule has 3 heteroatoms. The molecular weight excluding hydrogens is 334 g/mol. The lowest BCUT2D eigenvalue weighted by Gasteiger charge is -2.48. The molecule has 1 unspecified atom stereocenters. The zero-order valence-corrected chi connectivity index (χ0v) is 16.6. The van der Waals surface area contributed by atoms with Crippen molar-refractivity contribution in [3.8, 4) is 5.75 Å². The number of allylic oxidation sites excluding steroid dienone is 1. The maximum Gasteiger partial charge on any atom is 0.120 e. The molecule has 2 bridgehead atoms. The van der Waals surface area contributed by atoms with Gasteiger partial charge in [0.1, 0.15) is 5.75 Å². The molecule has 5 atom stereocenters. The van der Waals surface area contributed by atoms with E-state index in [1.54, 1.807) is 0 Å². The Hall–Kier alpha value is -1.32. The lowest BCUT2D eigenvalue weighted by atomic mass is 9.62. The number of hydrogen-bond donors (Lipinski definition) is 1. The van der Waals surface area contributed by atoms with Crippen LogP contribution in [0.3, 0.4) is 0 Å². The van der Waals surface area contributed by atoms with Gasteiger partial charge < -0.3 is 9.84 Å². The van der Waals surface area contributed by atoms with E-state index in [1.165, 1.54) is 49.7 Å². The molecule has 5 rings (SSSR count). The molecule has 0 aromatic heterocycles. The Morgan fingerprint density at radius 3 is 2.85 bits per heavy atom. The van der Waals surface area contributed by atoms with E-state index in [4.69, 9.17) is 4.74 Å². The summed E-state index contributed by atoms with van der Waals surface area (Å²) in [4.78, 5) is 2.48. The zero-order chi connectivity index (χ0) is 18.6. The Bertz CT molecular complexity index is 738. The maximum absolute atomic E-state index is 10.5. The van der Waals surface area contributed by atoms with Gasteiger partial charge in [-0.15, -0.1) is 0 Å². The third kappa shape index (κ3) is 2.77. The number of ether oxygens (including phenoxy) is 1. The van der Waals surface area contributed by atoms with Crippen LogP contribution in [0.15, 0.2) is 30.4 Å². The van der Waals surface area contributed by atoms with E-state index < -0.39 is 0 Å². The van der Waals surface area contributed by atoms with Gasteiger partial charge in [-0.3, -0.25) is 4.90 Å². The Kier molecular flexibility index (Phi) is 4.36. The number of benzene rings is 1. The summed E-state index contributed by atoms with van der Waals surface area (Å²) in [5.74, 6) is 2.35. The van der Waals surface area contributed by atoms with Crippen molar-refractivity contribution in [1.82, 2.24) is 4.90 Å². The third-order valence-electron chi connectivity index (χ3n) is 8.35. The first-order valence-electron chi connectivity index (χ1n) is 10.9. The van der Waals surface area contributed by atoms with Gasteiger partial charge in [0.15, 0.2) is 0 Å². The number of likely N-dealkylation sites (tertiary alicyclic amines) is 1. The Morgan fingerprint density at radius 1 is 1.26 bits per heavy atom. The van der Waals surface area contributed by atoms with Gasteiger partial charge in [0.05, 0.1) is 6.10 Å². The standard InChI is InChI=1S/C24H33NO2/c1-16-17(2)24-8-11-27-23(21(24)13-19(16)14-24)18-6-7-22(26)20(12-18)15-25-9-4-3-5-10-25/h6-7,12,17,19,21,23,26H,1,3-5,8-11,13-15H2,2H3/t17-,19-,21-,23-,24?/m1/s1. The molecule has 1 N–H and O–H groups in total. The summed E-state index contributed by atoms with van der Waals surface area (Å²) in [7, 11) is 0. The highest BCUT2D eigenvalue weighted by Gasteiger charge is 2.61. The molecule has 3 nitrogen and oxygen atoms in total. The number of rotatable bonds is 3. The van der Waals surface area contributed by atoms with Crippen molar-refractivity contribution in [1.29, 1.82) is 0 Å². The minimum atomic E-state index is 0.181. The first-order valence-corrected chi connectivity index (χ1v) is 10.9. The quantitative estimate of drug-likeness (QED) is 0.758. The molecule has 2 heterocycles. The zero-order valence-electron chi connectivity index (χ0n) is 16.6. The van der Waals surface area contributed by atoms with Gasteiger partial charge in [-0.1, -0.05) is 31.6 Å². The number of aromatic hydroxyl groups is 1. The minimum Gasteiger partial charge on any atom is -0.508 e. The summed E-state index contributed by atoms with van der Waals surface area (Å²) in [5, 5.41) is 10.5. The lowest BCUT2D eigenvalue weighted by molar-refractivity contribution is -0.106. The van der Waals surface area contributed by atoms with Crippen molar-refractivity contribution in [2.75, 3.05) is 19.7 Å².